The van der Waals surface area contributed by atoms with Crippen LogP contribution in [0.5, 0.6) is 0 Å². The van der Waals surface area contributed by atoms with Gasteiger partial charge in [-0.2, -0.15) is 0 Å². The van der Waals surface area contributed by atoms with Gasteiger partial charge in [0.05, 0.1) is 17.7 Å². The average molecular weight is 383 g/mol. The number of nitrogens with zero attached hydrogens (tertiary/aromatic N) is 2. The van der Waals surface area contributed by atoms with Gasteiger partial charge in [-0.1, -0.05) is 38.3 Å². The van der Waals surface area contributed by atoms with E-state index in [1.165, 1.54) is 37.8 Å². The molecule has 2 aliphatic rings. The molecule has 0 saturated heterocycles. The van der Waals surface area contributed by atoms with Gasteiger partial charge >= 0.3 is 6.03 Å². The summed E-state index contributed by atoms with van der Waals surface area (Å²) in [7, 11) is 0. The fourth-order valence-electron chi connectivity index (χ4n) is 4.28. The second-order valence-corrected chi connectivity index (χ2v) is 8.37. The Hall–Kier alpha value is -2.21. The highest BCUT2D eigenvalue weighted by molar-refractivity contribution is 7.09. The fourth-order valence-corrected chi connectivity index (χ4v) is 5.35. The van der Waals surface area contributed by atoms with E-state index in [0.717, 1.165) is 22.7 Å². The summed E-state index contributed by atoms with van der Waals surface area (Å²) in [5.74, 6) is 0.548. The van der Waals surface area contributed by atoms with E-state index >= 15 is 0 Å². The fraction of sp³-hybridized carbons (Fsp3) is 0.476. The number of aliphatic imine (C=N–C) groups is 1. The third-order valence-corrected chi connectivity index (χ3v) is 6.62. The zero-order valence-corrected chi connectivity index (χ0v) is 16.5. The first-order valence-electron chi connectivity index (χ1n) is 9.84. The van der Waals surface area contributed by atoms with Crippen molar-refractivity contribution in [2.45, 2.75) is 63.3 Å². The number of nitrogen functional groups attached to an aromatic ring is 1. The van der Waals surface area contributed by atoms with Gasteiger partial charge in [-0.3, -0.25) is 0 Å². The molecule has 27 heavy (non-hydrogen) atoms. The molecule has 1 aromatic heterocycles. The number of rotatable bonds is 4. The first-order valence-corrected chi connectivity index (χ1v) is 10.7. The lowest BCUT2D eigenvalue weighted by atomic mass is 9.86. The summed E-state index contributed by atoms with van der Waals surface area (Å²) >= 11 is 1.70. The predicted molar refractivity (Wildman–Crippen MR) is 111 cm³/mol. The van der Waals surface area contributed by atoms with Crippen LogP contribution in [0.3, 0.4) is 0 Å². The maximum Gasteiger partial charge on any atom is 0.341 e. The molecule has 0 bridgehead atoms. The summed E-state index contributed by atoms with van der Waals surface area (Å²) in [5.41, 5.74) is 9.81. The van der Waals surface area contributed by atoms with Crippen LogP contribution in [0.15, 0.2) is 34.6 Å². The highest BCUT2D eigenvalue weighted by Gasteiger charge is 2.36. The predicted octanol–water partition coefficient (Wildman–Crippen LogP) is 5.17. The van der Waals surface area contributed by atoms with E-state index in [1.807, 2.05) is 24.3 Å². The third-order valence-electron chi connectivity index (χ3n) is 5.68. The van der Waals surface area contributed by atoms with Crippen molar-refractivity contribution in [3.63, 3.8) is 0 Å². The molecule has 2 heterocycles. The van der Waals surface area contributed by atoms with Gasteiger partial charge in [-0.05, 0) is 37.0 Å². The van der Waals surface area contributed by atoms with E-state index in [0.29, 0.717) is 11.6 Å². The molecule has 5 nitrogen and oxygen atoms in total. The van der Waals surface area contributed by atoms with E-state index in [1.54, 1.807) is 11.3 Å². The average Bonchev–Trinajstić information content (AvgIpc) is 3.17. The van der Waals surface area contributed by atoms with Gasteiger partial charge in [0.2, 0.25) is 0 Å². The normalized spacial score (nSPS) is 23.7. The number of hydrogen-bond donors (Lipinski definition) is 2. The van der Waals surface area contributed by atoms with Crippen molar-refractivity contribution < 1.29 is 4.79 Å². The molecule has 1 saturated carbocycles. The van der Waals surface area contributed by atoms with Crippen molar-refractivity contribution in [1.29, 1.82) is 0 Å². The summed E-state index contributed by atoms with van der Waals surface area (Å²) in [5, 5.41) is 6.30. The summed E-state index contributed by atoms with van der Waals surface area (Å²) in [6, 6.07) is 7.29. The Morgan fingerprint density at radius 3 is 2.81 bits per heavy atom. The quantitative estimate of drug-likeness (QED) is 0.716. The monoisotopic (exact) mass is 382 g/mol. The topological polar surface area (TPSA) is 80.4 Å². The van der Waals surface area contributed by atoms with E-state index < -0.39 is 0 Å². The number of carbonyl (C=O) groups is 1. The van der Waals surface area contributed by atoms with Crippen molar-refractivity contribution in [2.75, 3.05) is 5.73 Å². The maximum absolute atomic E-state index is 12.2. The molecule has 1 aromatic carbocycles. The molecule has 3 N–H and O–H groups in total. The molecule has 2 aromatic rings. The smallest absolute Gasteiger partial charge is 0.341 e. The molecule has 2 unspecified atom stereocenters. The number of thiazole rings is 1. The molecular formula is C21H26N4OS. The molecule has 0 spiro atoms. The van der Waals surface area contributed by atoms with Gasteiger partial charge in [0.1, 0.15) is 5.01 Å². The second-order valence-electron chi connectivity index (χ2n) is 7.48. The third kappa shape index (κ3) is 3.76. The Balaban J connectivity index is 1.70. The van der Waals surface area contributed by atoms with Gasteiger partial charge < -0.3 is 11.1 Å². The van der Waals surface area contributed by atoms with E-state index in [9.17, 15) is 4.79 Å². The van der Waals surface area contributed by atoms with Crippen LogP contribution in [0, 0.1) is 0 Å². The molecule has 4 rings (SSSR count). The number of carbonyl (C=O) groups excluding carboxylic acids is 1. The zero-order chi connectivity index (χ0) is 18.8. The summed E-state index contributed by atoms with van der Waals surface area (Å²) < 4.78 is 0. The minimum atomic E-state index is -0.278. The molecule has 142 valence electrons. The summed E-state index contributed by atoms with van der Waals surface area (Å²) in [6.07, 6.45) is 7.13. The van der Waals surface area contributed by atoms with Crippen molar-refractivity contribution in [3.8, 4) is 0 Å². The Morgan fingerprint density at radius 2 is 2.07 bits per heavy atom. The minimum Gasteiger partial charge on any atom is -0.399 e. The number of nitrogens with one attached hydrogen (secondary N) is 1. The number of benzene rings is 1. The highest BCUT2D eigenvalue weighted by atomic mass is 32.1. The van der Waals surface area contributed by atoms with Crippen LogP contribution in [0.25, 0.3) is 0 Å². The standard InChI is InChI=1S/C21H26N4OS/c1-2-16-18(20-23-17(12-27-20)13-7-4-3-5-8-13)19(25-21(26)24-16)14-9-6-10-15(22)11-14/h6,9-13,18-19H,2-5,7-8,22H2,1H3,(H,25,26). The number of anilines is 1. The van der Waals surface area contributed by atoms with Crippen LogP contribution in [-0.4, -0.2) is 16.7 Å². The molecule has 2 atom stereocenters. The van der Waals surface area contributed by atoms with Crippen molar-refractivity contribution in [1.82, 2.24) is 10.3 Å². The summed E-state index contributed by atoms with van der Waals surface area (Å²) in [4.78, 5) is 21.5. The number of nitrogens with two attached hydrogens (primary N) is 1. The second kappa shape index (κ2) is 7.80. The van der Waals surface area contributed by atoms with Crippen molar-refractivity contribution >= 4 is 28.8 Å². The molecule has 6 heteroatoms. The SMILES string of the molecule is CCC1=NC(=O)NC(c2cccc(N)c2)C1c1nc(C2CCCCC2)cs1. The van der Waals surface area contributed by atoms with Gasteiger partial charge in [0, 0.05) is 22.7 Å². The molecule has 1 aliphatic carbocycles. The number of hydrogen-bond acceptors (Lipinski definition) is 4. The maximum atomic E-state index is 12.2. The first kappa shape index (κ1) is 18.2. The molecule has 1 aliphatic heterocycles. The molecular weight excluding hydrogens is 356 g/mol. The van der Waals surface area contributed by atoms with Gasteiger partial charge in [-0.25, -0.2) is 14.8 Å². The van der Waals surface area contributed by atoms with Crippen molar-refractivity contribution in [2.24, 2.45) is 4.99 Å². The first-order chi connectivity index (χ1) is 13.2. The Kier molecular flexibility index (Phi) is 5.25. The van der Waals surface area contributed by atoms with Crippen LogP contribution < -0.4 is 11.1 Å². The lowest BCUT2D eigenvalue weighted by Crippen LogP contribution is -2.39. The molecule has 1 fully saturated rings. The highest BCUT2D eigenvalue weighted by Crippen LogP contribution is 2.40. The Bertz CT molecular complexity index is 853. The van der Waals surface area contributed by atoms with Crippen LogP contribution in [0.2, 0.25) is 0 Å². The minimum absolute atomic E-state index is 0.0307. The van der Waals surface area contributed by atoms with Gasteiger partial charge in [0.25, 0.3) is 0 Å². The van der Waals surface area contributed by atoms with Crippen LogP contribution in [0.1, 0.15) is 79.6 Å². The molecule has 0 radical (unpaired) electrons. The van der Waals surface area contributed by atoms with Crippen LogP contribution >= 0.6 is 11.3 Å². The Morgan fingerprint density at radius 1 is 1.26 bits per heavy atom. The van der Waals surface area contributed by atoms with Crippen LogP contribution in [-0.2, 0) is 0 Å². The van der Waals surface area contributed by atoms with Crippen LogP contribution in [0.4, 0.5) is 10.5 Å². The summed E-state index contributed by atoms with van der Waals surface area (Å²) in [6.45, 7) is 2.05. The lowest BCUT2D eigenvalue weighted by molar-refractivity contribution is 0.242. The van der Waals surface area contributed by atoms with Gasteiger partial charge in [0.15, 0.2) is 0 Å². The number of amides is 2. The lowest BCUT2D eigenvalue weighted by Gasteiger charge is -2.31. The van der Waals surface area contributed by atoms with E-state index in [2.05, 4.69) is 22.6 Å². The number of aromatic nitrogens is 1. The van der Waals surface area contributed by atoms with E-state index in [-0.39, 0.29) is 18.0 Å². The van der Waals surface area contributed by atoms with E-state index in [4.69, 9.17) is 10.7 Å². The number of urea groups is 1. The zero-order valence-electron chi connectivity index (χ0n) is 15.6. The molecule has 2 amide bonds. The van der Waals surface area contributed by atoms with Gasteiger partial charge in [-0.15, -0.1) is 11.3 Å². The Labute approximate surface area is 164 Å². The van der Waals surface area contributed by atoms with Crippen molar-refractivity contribution in [3.05, 3.63) is 45.9 Å². The largest absolute Gasteiger partial charge is 0.399 e.